The second kappa shape index (κ2) is 5.32. The molecular formula is C19H16N4. The average Bonchev–Trinajstić information content (AvgIpc) is 3.07. The lowest BCUT2D eigenvalue weighted by Crippen LogP contribution is -1.94. The van der Waals surface area contributed by atoms with Crippen LogP contribution in [0.1, 0.15) is 11.1 Å². The molecule has 0 spiro atoms. The van der Waals surface area contributed by atoms with E-state index in [2.05, 4.69) is 65.2 Å². The third-order valence-corrected chi connectivity index (χ3v) is 3.92. The Kier molecular flexibility index (Phi) is 3.15. The molecule has 4 rings (SSSR count). The Balaban J connectivity index is 1.91. The van der Waals surface area contributed by atoms with Crippen LogP contribution in [0.4, 0.5) is 0 Å². The molecule has 2 aromatic carbocycles. The van der Waals surface area contributed by atoms with Crippen LogP contribution in [-0.2, 0) is 0 Å². The summed E-state index contributed by atoms with van der Waals surface area (Å²) >= 11 is 0. The number of aryl methyl sites for hydroxylation is 2. The summed E-state index contributed by atoms with van der Waals surface area (Å²) in [5, 5.41) is 1.06. The molecule has 0 aliphatic carbocycles. The molecule has 0 amide bonds. The maximum absolute atomic E-state index is 4.52. The van der Waals surface area contributed by atoms with Gasteiger partial charge in [0.1, 0.15) is 6.33 Å². The van der Waals surface area contributed by atoms with Crippen molar-refractivity contribution in [1.29, 1.82) is 0 Å². The first-order chi connectivity index (χ1) is 11.2. The summed E-state index contributed by atoms with van der Waals surface area (Å²) in [5.74, 6) is 0. The SMILES string of the molecule is Cc1cc(C)cc(-c2ncnc3cc(-n4ccnc4)ccc23)c1. The number of imidazole rings is 1. The molecule has 0 bridgehead atoms. The molecule has 4 nitrogen and oxygen atoms in total. The molecule has 0 saturated heterocycles. The second-order valence-electron chi connectivity index (χ2n) is 5.77. The molecule has 2 aromatic heterocycles. The molecule has 0 aliphatic rings. The summed E-state index contributed by atoms with van der Waals surface area (Å²) in [7, 11) is 0. The van der Waals surface area contributed by atoms with E-state index in [1.807, 2.05) is 10.8 Å². The lowest BCUT2D eigenvalue weighted by molar-refractivity contribution is 1.06. The van der Waals surface area contributed by atoms with Crippen LogP contribution in [0.5, 0.6) is 0 Å². The molecule has 0 aliphatic heterocycles. The zero-order chi connectivity index (χ0) is 15.8. The van der Waals surface area contributed by atoms with Crippen LogP contribution in [0, 0.1) is 13.8 Å². The molecule has 112 valence electrons. The summed E-state index contributed by atoms with van der Waals surface area (Å²) in [6.45, 7) is 4.22. The highest BCUT2D eigenvalue weighted by atomic mass is 15.0. The van der Waals surface area contributed by atoms with E-state index in [4.69, 9.17) is 0 Å². The maximum Gasteiger partial charge on any atom is 0.116 e. The van der Waals surface area contributed by atoms with Crippen molar-refractivity contribution in [3.05, 3.63) is 72.6 Å². The molecule has 0 saturated carbocycles. The largest absolute Gasteiger partial charge is 0.306 e. The van der Waals surface area contributed by atoms with Crippen molar-refractivity contribution < 1.29 is 0 Å². The molecule has 4 heteroatoms. The van der Waals surface area contributed by atoms with Gasteiger partial charge in [-0.2, -0.15) is 0 Å². The minimum Gasteiger partial charge on any atom is -0.306 e. The molecule has 0 radical (unpaired) electrons. The minimum absolute atomic E-state index is 0.931. The van der Waals surface area contributed by atoms with Crippen LogP contribution < -0.4 is 0 Å². The van der Waals surface area contributed by atoms with Crippen molar-refractivity contribution in [3.63, 3.8) is 0 Å². The van der Waals surface area contributed by atoms with Gasteiger partial charge in [-0.05, 0) is 44.2 Å². The molecule has 0 N–H and O–H groups in total. The van der Waals surface area contributed by atoms with E-state index in [9.17, 15) is 0 Å². The topological polar surface area (TPSA) is 43.6 Å². The quantitative estimate of drug-likeness (QED) is 0.560. The Morgan fingerprint density at radius 3 is 2.48 bits per heavy atom. The van der Waals surface area contributed by atoms with Gasteiger partial charge in [0.25, 0.3) is 0 Å². The highest BCUT2D eigenvalue weighted by molar-refractivity contribution is 5.93. The van der Waals surface area contributed by atoms with E-state index < -0.39 is 0 Å². The van der Waals surface area contributed by atoms with Crippen LogP contribution in [0.2, 0.25) is 0 Å². The molecule has 0 unspecified atom stereocenters. The number of fused-ring (bicyclic) bond motifs is 1. The highest BCUT2D eigenvalue weighted by Gasteiger charge is 2.08. The van der Waals surface area contributed by atoms with Gasteiger partial charge in [-0.25, -0.2) is 15.0 Å². The van der Waals surface area contributed by atoms with Gasteiger partial charge in [-0.15, -0.1) is 0 Å². The number of aromatic nitrogens is 4. The first-order valence-electron chi connectivity index (χ1n) is 7.52. The molecule has 0 atom stereocenters. The zero-order valence-electron chi connectivity index (χ0n) is 13.1. The lowest BCUT2D eigenvalue weighted by Gasteiger charge is -2.09. The highest BCUT2D eigenvalue weighted by Crippen LogP contribution is 2.28. The van der Waals surface area contributed by atoms with Crippen molar-refractivity contribution >= 4 is 10.9 Å². The van der Waals surface area contributed by atoms with E-state index in [-0.39, 0.29) is 0 Å². The Morgan fingerprint density at radius 2 is 1.74 bits per heavy atom. The van der Waals surface area contributed by atoms with Crippen molar-refractivity contribution in [2.75, 3.05) is 0 Å². The van der Waals surface area contributed by atoms with Gasteiger partial charge in [0.15, 0.2) is 0 Å². The van der Waals surface area contributed by atoms with Gasteiger partial charge < -0.3 is 4.57 Å². The Bertz CT molecular complexity index is 967. The van der Waals surface area contributed by atoms with E-state index >= 15 is 0 Å². The van der Waals surface area contributed by atoms with Crippen molar-refractivity contribution in [2.24, 2.45) is 0 Å². The zero-order valence-corrected chi connectivity index (χ0v) is 13.1. The molecule has 23 heavy (non-hydrogen) atoms. The average molecular weight is 300 g/mol. The number of rotatable bonds is 2. The Labute approximate surface area is 134 Å². The fourth-order valence-electron chi connectivity index (χ4n) is 2.96. The summed E-state index contributed by atoms with van der Waals surface area (Å²) < 4.78 is 1.97. The van der Waals surface area contributed by atoms with Crippen LogP contribution in [0.3, 0.4) is 0 Å². The lowest BCUT2D eigenvalue weighted by atomic mass is 10.0. The van der Waals surface area contributed by atoms with Crippen LogP contribution in [-0.4, -0.2) is 19.5 Å². The van der Waals surface area contributed by atoms with Gasteiger partial charge in [0.2, 0.25) is 0 Å². The van der Waals surface area contributed by atoms with Gasteiger partial charge in [0, 0.05) is 29.0 Å². The second-order valence-corrected chi connectivity index (χ2v) is 5.77. The summed E-state index contributed by atoms with van der Waals surface area (Å²) in [5.41, 5.74) is 6.55. The van der Waals surface area contributed by atoms with E-state index in [0.717, 1.165) is 27.8 Å². The van der Waals surface area contributed by atoms with Crippen LogP contribution >= 0.6 is 0 Å². The number of hydrogen-bond donors (Lipinski definition) is 0. The Morgan fingerprint density at radius 1 is 0.913 bits per heavy atom. The van der Waals surface area contributed by atoms with Gasteiger partial charge >= 0.3 is 0 Å². The molecule has 2 heterocycles. The fraction of sp³-hybridized carbons (Fsp3) is 0.105. The normalized spacial score (nSPS) is 11.0. The number of benzene rings is 2. The first-order valence-corrected chi connectivity index (χ1v) is 7.52. The number of hydrogen-bond acceptors (Lipinski definition) is 3. The monoisotopic (exact) mass is 300 g/mol. The smallest absolute Gasteiger partial charge is 0.116 e. The van der Waals surface area contributed by atoms with E-state index in [1.165, 1.54) is 11.1 Å². The standard InChI is InChI=1S/C19H16N4/c1-13-7-14(2)9-15(8-13)19-17-4-3-16(23-6-5-20-12-23)10-18(17)21-11-22-19/h3-12H,1-2H3. The van der Waals surface area contributed by atoms with E-state index in [1.54, 1.807) is 18.9 Å². The Hall–Kier alpha value is -3.01. The third-order valence-electron chi connectivity index (χ3n) is 3.92. The summed E-state index contributed by atoms with van der Waals surface area (Å²) in [4.78, 5) is 13.1. The first kappa shape index (κ1) is 13.6. The van der Waals surface area contributed by atoms with Crippen LogP contribution in [0.25, 0.3) is 27.8 Å². The molecular weight excluding hydrogens is 284 g/mol. The molecule has 4 aromatic rings. The van der Waals surface area contributed by atoms with Crippen molar-refractivity contribution in [3.8, 4) is 16.9 Å². The molecule has 0 fully saturated rings. The maximum atomic E-state index is 4.52. The van der Waals surface area contributed by atoms with Crippen molar-refractivity contribution in [1.82, 2.24) is 19.5 Å². The predicted octanol–water partition coefficient (Wildman–Crippen LogP) is 4.10. The summed E-state index contributed by atoms with van der Waals surface area (Å²) in [6.07, 6.45) is 7.11. The summed E-state index contributed by atoms with van der Waals surface area (Å²) in [6, 6.07) is 12.7. The van der Waals surface area contributed by atoms with Gasteiger partial charge in [-0.1, -0.05) is 17.2 Å². The fourth-order valence-corrected chi connectivity index (χ4v) is 2.96. The predicted molar refractivity (Wildman–Crippen MR) is 91.6 cm³/mol. The van der Waals surface area contributed by atoms with Gasteiger partial charge in [0.05, 0.1) is 17.5 Å². The van der Waals surface area contributed by atoms with Crippen LogP contribution in [0.15, 0.2) is 61.4 Å². The number of nitrogens with zero attached hydrogens (tertiary/aromatic N) is 4. The third kappa shape index (κ3) is 2.48. The van der Waals surface area contributed by atoms with Crippen molar-refractivity contribution in [2.45, 2.75) is 13.8 Å². The minimum atomic E-state index is 0.931. The van der Waals surface area contributed by atoms with Gasteiger partial charge in [-0.3, -0.25) is 0 Å². The van der Waals surface area contributed by atoms with E-state index in [0.29, 0.717) is 0 Å².